The number of alkyl halides is 2. The van der Waals surface area contributed by atoms with E-state index in [0.29, 0.717) is 6.07 Å². The van der Waals surface area contributed by atoms with Gasteiger partial charge in [0.05, 0.1) is 18.3 Å². The molecule has 0 bridgehead atoms. The second-order valence-corrected chi connectivity index (χ2v) is 7.24. The summed E-state index contributed by atoms with van der Waals surface area (Å²) in [5.74, 6) is -6.28. The van der Waals surface area contributed by atoms with Crippen LogP contribution >= 0.6 is 0 Å². The van der Waals surface area contributed by atoms with E-state index in [2.05, 4.69) is 15.1 Å². The SMILES string of the molecule is N#Cc1ccccc1Oc1ccc(C(F)(F)C(O)(Cn2cncn2)c2ccc(F)cc2F)nc1. The van der Waals surface area contributed by atoms with Crippen LogP contribution in [0.2, 0.25) is 0 Å². The second-order valence-electron chi connectivity index (χ2n) is 7.24. The van der Waals surface area contributed by atoms with Gasteiger partial charge >= 0.3 is 5.92 Å². The Morgan fingerprint density at radius 2 is 1.88 bits per heavy atom. The average molecular weight is 469 g/mol. The largest absolute Gasteiger partial charge is 0.454 e. The minimum absolute atomic E-state index is 0.0510. The maximum atomic E-state index is 15.7. The van der Waals surface area contributed by atoms with Crippen molar-refractivity contribution >= 4 is 0 Å². The molecule has 0 aliphatic carbocycles. The van der Waals surface area contributed by atoms with Gasteiger partial charge < -0.3 is 9.84 Å². The van der Waals surface area contributed by atoms with E-state index in [4.69, 9.17) is 10.00 Å². The maximum Gasteiger partial charge on any atom is 0.323 e. The highest BCUT2D eigenvalue weighted by Gasteiger charge is 2.57. The van der Waals surface area contributed by atoms with Crippen molar-refractivity contribution < 1.29 is 27.4 Å². The van der Waals surface area contributed by atoms with Crippen molar-refractivity contribution in [1.29, 1.82) is 5.26 Å². The van der Waals surface area contributed by atoms with Gasteiger partial charge in [-0.25, -0.2) is 18.4 Å². The molecule has 7 nitrogen and oxygen atoms in total. The molecule has 4 rings (SSSR count). The molecule has 1 atom stereocenters. The van der Waals surface area contributed by atoms with Crippen LogP contribution in [0.4, 0.5) is 17.6 Å². The Morgan fingerprint density at radius 1 is 1.09 bits per heavy atom. The summed E-state index contributed by atoms with van der Waals surface area (Å²) < 4.78 is 65.9. The second kappa shape index (κ2) is 8.92. The van der Waals surface area contributed by atoms with Gasteiger partial charge in [-0.2, -0.15) is 19.1 Å². The number of nitrogens with zero attached hydrogens (tertiary/aromatic N) is 5. The van der Waals surface area contributed by atoms with Gasteiger partial charge in [0, 0.05) is 11.6 Å². The lowest BCUT2D eigenvalue weighted by Gasteiger charge is -2.36. The van der Waals surface area contributed by atoms with E-state index in [-0.39, 0.29) is 17.1 Å². The predicted molar refractivity (Wildman–Crippen MR) is 110 cm³/mol. The molecule has 34 heavy (non-hydrogen) atoms. The van der Waals surface area contributed by atoms with Crippen LogP contribution in [-0.4, -0.2) is 24.9 Å². The van der Waals surface area contributed by atoms with Gasteiger partial charge in [-0.1, -0.05) is 12.1 Å². The van der Waals surface area contributed by atoms with Crippen molar-refractivity contribution in [3.63, 3.8) is 0 Å². The maximum absolute atomic E-state index is 15.7. The van der Waals surface area contributed by atoms with Crippen LogP contribution in [0, 0.1) is 23.0 Å². The third-order valence-electron chi connectivity index (χ3n) is 5.05. The Balaban J connectivity index is 1.72. The minimum atomic E-state index is -4.17. The van der Waals surface area contributed by atoms with Gasteiger partial charge in [0.15, 0.2) is 5.60 Å². The molecule has 0 amide bonds. The fourth-order valence-electron chi connectivity index (χ4n) is 3.34. The standard InChI is InChI=1S/C23H15F4N5O2/c24-16-5-7-18(19(25)9-16)22(33,12-32-14-29-13-31-32)23(26,27)21-8-6-17(11-30-21)34-20-4-2-1-3-15(20)10-28/h1-9,11,13-14,33H,12H2. The quantitative estimate of drug-likeness (QED) is 0.406. The molecular weight excluding hydrogens is 454 g/mol. The predicted octanol–water partition coefficient (Wildman–Crippen LogP) is 4.30. The number of rotatable bonds is 7. The Labute approximate surface area is 190 Å². The molecule has 172 valence electrons. The van der Waals surface area contributed by atoms with E-state index >= 15 is 8.78 Å². The summed E-state index contributed by atoms with van der Waals surface area (Å²) in [4.78, 5) is 7.35. The highest BCUT2D eigenvalue weighted by atomic mass is 19.3. The van der Waals surface area contributed by atoms with Gasteiger partial charge in [-0.15, -0.1) is 0 Å². The summed E-state index contributed by atoms with van der Waals surface area (Å²) in [5.41, 5.74) is -4.73. The lowest BCUT2D eigenvalue weighted by molar-refractivity contribution is -0.207. The average Bonchev–Trinajstić information content (AvgIpc) is 3.32. The zero-order chi connectivity index (χ0) is 24.3. The first-order valence-corrected chi connectivity index (χ1v) is 9.76. The number of aromatic nitrogens is 4. The Hall–Kier alpha value is -4.30. The number of aliphatic hydroxyl groups is 1. The summed E-state index contributed by atoms with van der Waals surface area (Å²) in [7, 11) is 0. The van der Waals surface area contributed by atoms with Crippen molar-refractivity contribution in [3.05, 3.63) is 102 Å². The topological polar surface area (TPSA) is 96.8 Å². The zero-order valence-electron chi connectivity index (χ0n) is 17.2. The number of para-hydroxylation sites is 1. The Kier molecular flexibility index (Phi) is 6.00. The number of hydrogen-bond acceptors (Lipinski definition) is 6. The van der Waals surface area contributed by atoms with Crippen LogP contribution in [0.3, 0.4) is 0 Å². The van der Waals surface area contributed by atoms with Gasteiger partial charge in [0.1, 0.15) is 47.6 Å². The number of hydrogen-bond donors (Lipinski definition) is 1. The van der Waals surface area contributed by atoms with Gasteiger partial charge in [-0.3, -0.25) is 4.98 Å². The van der Waals surface area contributed by atoms with Crippen molar-refractivity contribution in [2.45, 2.75) is 18.1 Å². The molecule has 2 heterocycles. The van der Waals surface area contributed by atoms with E-state index in [9.17, 15) is 13.9 Å². The number of nitriles is 1. The summed E-state index contributed by atoms with van der Waals surface area (Å²) >= 11 is 0. The normalized spacial score (nSPS) is 13.2. The molecule has 0 aliphatic rings. The molecular formula is C23H15F4N5O2. The smallest absolute Gasteiger partial charge is 0.323 e. The van der Waals surface area contributed by atoms with Crippen LogP contribution in [0.15, 0.2) is 73.4 Å². The summed E-state index contributed by atoms with van der Waals surface area (Å²) in [5, 5.41) is 24.0. The van der Waals surface area contributed by atoms with Crippen LogP contribution in [-0.2, 0) is 18.1 Å². The molecule has 0 radical (unpaired) electrons. The first kappa shape index (κ1) is 22.9. The van der Waals surface area contributed by atoms with E-state index in [1.165, 1.54) is 18.2 Å². The first-order chi connectivity index (χ1) is 16.2. The molecule has 0 spiro atoms. The molecule has 0 aliphatic heterocycles. The third kappa shape index (κ3) is 4.18. The minimum Gasteiger partial charge on any atom is -0.454 e. The Morgan fingerprint density at radius 3 is 2.53 bits per heavy atom. The number of ether oxygens (including phenoxy) is 1. The third-order valence-corrected chi connectivity index (χ3v) is 5.05. The van der Waals surface area contributed by atoms with Crippen LogP contribution in [0.25, 0.3) is 0 Å². The molecule has 1 unspecified atom stereocenters. The number of benzene rings is 2. The van der Waals surface area contributed by atoms with Gasteiger partial charge in [-0.05, 0) is 36.4 Å². The van der Waals surface area contributed by atoms with E-state index in [0.717, 1.165) is 41.7 Å². The summed E-state index contributed by atoms with van der Waals surface area (Å²) in [6.07, 6.45) is 3.11. The lowest BCUT2D eigenvalue weighted by Crippen LogP contribution is -2.48. The van der Waals surface area contributed by atoms with Crippen LogP contribution in [0.1, 0.15) is 16.8 Å². The Bertz CT molecular complexity index is 1340. The molecule has 2 aromatic heterocycles. The molecule has 0 saturated carbocycles. The number of halogens is 4. The van der Waals surface area contributed by atoms with E-state index < -0.39 is 41.0 Å². The number of pyridine rings is 1. The van der Waals surface area contributed by atoms with Crippen molar-refractivity contribution in [1.82, 2.24) is 19.7 Å². The van der Waals surface area contributed by atoms with E-state index in [1.807, 2.05) is 6.07 Å². The van der Waals surface area contributed by atoms with Crippen molar-refractivity contribution in [2.75, 3.05) is 0 Å². The molecule has 0 fully saturated rings. The van der Waals surface area contributed by atoms with E-state index in [1.54, 1.807) is 12.1 Å². The van der Waals surface area contributed by atoms with Crippen LogP contribution in [0.5, 0.6) is 11.5 Å². The van der Waals surface area contributed by atoms with Gasteiger partial charge in [0.25, 0.3) is 0 Å². The van der Waals surface area contributed by atoms with Crippen LogP contribution < -0.4 is 4.74 Å². The molecule has 2 aromatic carbocycles. The highest BCUT2D eigenvalue weighted by molar-refractivity contribution is 5.45. The van der Waals surface area contributed by atoms with Gasteiger partial charge in [0.2, 0.25) is 0 Å². The highest BCUT2D eigenvalue weighted by Crippen LogP contribution is 2.47. The fourth-order valence-corrected chi connectivity index (χ4v) is 3.34. The molecule has 11 heteroatoms. The molecule has 4 aromatic rings. The van der Waals surface area contributed by atoms with Crippen molar-refractivity contribution in [3.8, 4) is 17.6 Å². The summed E-state index contributed by atoms with van der Waals surface area (Å²) in [6, 6.07) is 12.2. The zero-order valence-corrected chi connectivity index (χ0v) is 17.2. The molecule has 0 saturated heterocycles. The molecule has 1 N–H and O–H groups in total. The fraction of sp³-hybridized carbons (Fsp3) is 0.130. The van der Waals surface area contributed by atoms with Crippen molar-refractivity contribution in [2.24, 2.45) is 0 Å². The summed E-state index contributed by atoms with van der Waals surface area (Å²) in [6.45, 7) is -0.905. The first-order valence-electron chi connectivity index (χ1n) is 9.76. The lowest BCUT2D eigenvalue weighted by atomic mass is 9.84. The monoisotopic (exact) mass is 469 g/mol.